The van der Waals surface area contributed by atoms with Crippen molar-refractivity contribution >= 4 is 34.6 Å². The molecule has 2 amide bonds. The summed E-state index contributed by atoms with van der Waals surface area (Å²) in [5.41, 5.74) is 18.0. The third-order valence-electron chi connectivity index (χ3n) is 5.09. The molecule has 0 saturated heterocycles. The molecule has 3 aromatic rings. The summed E-state index contributed by atoms with van der Waals surface area (Å²) < 4.78 is 10.7. The van der Waals surface area contributed by atoms with Crippen molar-refractivity contribution in [3.05, 3.63) is 76.1 Å². The Morgan fingerprint density at radius 2 is 1.85 bits per heavy atom. The largest absolute Gasteiger partial charge is 0.444 e. The Bertz CT molecular complexity index is 1250. The molecule has 1 heterocycles. The summed E-state index contributed by atoms with van der Waals surface area (Å²) in [7, 11) is 0. The van der Waals surface area contributed by atoms with Crippen molar-refractivity contribution in [2.24, 2.45) is 22.2 Å². The number of carbonyl (C=O) groups is 2. The Hall–Kier alpha value is -4.18. The second-order valence-corrected chi connectivity index (χ2v) is 7.70. The molecule has 10 heteroatoms. The molecule has 10 nitrogen and oxygen atoms in total. The fourth-order valence-electron chi connectivity index (χ4n) is 3.37. The molecule has 0 bridgehead atoms. The van der Waals surface area contributed by atoms with Crippen LogP contribution >= 0.6 is 0 Å². The summed E-state index contributed by atoms with van der Waals surface area (Å²) in [5, 5.41) is 0.676. The monoisotopic (exact) mass is 465 g/mol. The molecule has 0 saturated carbocycles. The predicted octanol–water partition coefficient (Wildman–Crippen LogP) is 2.15. The Morgan fingerprint density at radius 1 is 1.12 bits per heavy atom. The van der Waals surface area contributed by atoms with Crippen molar-refractivity contribution in [1.29, 1.82) is 0 Å². The number of nitrogens with two attached hydrogens (primary N) is 3. The van der Waals surface area contributed by atoms with E-state index in [1.54, 1.807) is 31.2 Å². The van der Waals surface area contributed by atoms with Gasteiger partial charge in [0.05, 0.1) is 11.7 Å². The van der Waals surface area contributed by atoms with Crippen LogP contribution in [-0.4, -0.2) is 30.5 Å². The normalized spacial score (nSPS) is 11.6. The number of fused-ring (bicyclic) bond motifs is 1. The highest BCUT2D eigenvalue weighted by atomic mass is 16.6. The van der Waals surface area contributed by atoms with Gasteiger partial charge >= 0.3 is 11.7 Å². The number of aryl methyl sites for hydroxylation is 1. The quantitative estimate of drug-likeness (QED) is 0.197. The van der Waals surface area contributed by atoms with Crippen LogP contribution in [0.3, 0.4) is 0 Å². The SMILES string of the molecule is Cc1cc(=O)oc2cc(N(C(=O)OCc3ccccc3)C(=O)[C@@H](N)CCCN=C(N)N)ccc12. The summed E-state index contributed by atoms with van der Waals surface area (Å²) in [6.07, 6.45) is -0.230. The van der Waals surface area contributed by atoms with Gasteiger partial charge in [-0.05, 0) is 43.0 Å². The van der Waals surface area contributed by atoms with Crippen molar-refractivity contribution in [2.45, 2.75) is 32.4 Å². The number of hydrogen-bond donors (Lipinski definition) is 3. The Labute approximate surface area is 196 Å². The molecule has 3 rings (SSSR count). The number of nitrogens with zero attached hydrogens (tertiary/aromatic N) is 2. The first kappa shape index (κ1) is 24.5. The minimum atomic E-state index is -1.02. The summed E-state index contributed by atoms with van der Waals surface area (Å²) in [4.78, 5) is 42.8. The first-order valence-corrected chi connectivity index (χ1v) is 10.7. The highest BCUT2D eigenvalue weighted by Crippen LogP contribution is 2.25. The zero-order valence-electron chi connectivity index (χ0n) is 18.8. The Kier molecular flexibility index (Phi) is 7.99. The number of imide groups is 1. The number of guanidine groups is 1. The summed E-state index contributed by atoms with van der Waals surface area (Å²) in [6.45, 7) is 2.02. The van der Waals surface area contributed by atoms with Crippen molar-refractivity contribution in [3.63, 3.8) is 0 Å². The molecule has 0 unspecified atom stereocenters. The van der Waals surface area contributed by atoms with Gasteiger partial charge in [0.1, 0.15) is 12.2 Å². The molecule has 0 aliphatic carbocycles. The molecular formula is C24H27N5O5. The maximum atomic E-state index is 13.2. The van der Waals surface area contributed by atoms with Crippen LogP contribution in [0.4, 0.5) is 10.5 Å². The number of anilines is 1. The van der Waals surface area contributed by atoms with Gasteiger partial charge in [0.15, 0.2) is 5.96 Å². The van der Waals surface area contributed by atoms with Gasteiger partial charge in [-0.3, -0.25) is 9.79 Å². The van der Waals surface area contributed by atoms with Gasteiger partial charge in [0, 0.05) is 24.1 Å². The van der Waals surface area contributed by atoms with E-state index in [0.29, 0.717) is 23.9 Å². The number of carbonyl (C=O) groups excluding carboxylic acids is 2. The number of ether oxygens (including phenoxy) is 1. The molecule has 6 N–H and O–H groups in total. The average Bonchev–Trinajstić information content (AvgIpc) is 2.80. The van der Waals surface area contributed by atoms with Crippen LogP contribution < -0.4 is 27.7 Å². The van der Waals surface area contributed by atoms with E-state index in [2.05, 4.69) is 4.99 Å². The Morgan fingerprint density at radius 3 is 2.56 bits per heavy atom. The number of amides is 2. The van der Waals surface area contributed by atoms with Crippen LogP contribution in [0.1, 0.15) is 24.0 Å². The molecule has 34 heavy (non-hydrogen) atoms. The van der Waals surface area contributed by atoms with Crippen LogP contribution in [0.5, 0.6) is 0 Å². The molecule has 0 radical (unpaired) electrons. The lowest BCUT2D eigenvalue weighted by Crippen LogP contribution is -2.47. The van der Waals surface area contributed by atoms with E-state index in [9.17, 15) is 14.4 Å². The smallest absolute Gasteiger partial charge is 0.421 e. The first-order valence-electron chi connectivity index (χ1n) is 10.7. The molecule has 2 aromatic carbocycles. The van der Waals surface area contributed by atoms with Crippen molar-refractivity contribution in [2.75, 3.05) is 11.4 Å². The third kappa shape index (κ3) is 6.20. The van der Waals surface area contributed by atoms with Crippen molar-refractivity contribution < 1.29 is 18.7 Å². The van der Waals surface area contributed by atoms with Gasteiger partial charge in [-0.15, -0.1) is 0 Å². The zero-order chi connectivity index (χ0) is 24.7. The van der Waals surface area contributed by atoms with Crippen LogP contribution in [-0.2, 0) is 16.1 Å². The van der Waals surface area contributed by atoms with Crippen LogP contribution in [0, 0.1) is 6.92 Å². The average molecular weight is 466 g/mol. The van der Waals surface area contributed by atoms with E-state index in [1.165, 1.54) is 12.1 Å². The van der Waals surface area contributed by atoms with Crippen LogP contribution in [0.2, 0.25) is 0 Å². The molecule has 178 valence electrons. The minimum Gasteiger partial charge on any atom is -0.444 e. The molecule has 0 spiro atoms. The fraction of sp³-hybridized carbons (Fsp3) is 0.250. The maximum Gasteiger partial charge on any atom is 0.421 e. The highest BCUT2D eigenvalue weighted by molar-refractivity contribution is 6.14. The van der Waals surface area contributed by atoms with E-state index in [1.807, 2.05) is 18.2 Å². The van der Waals surface area contributed by atoms with Crippen LogP contribution in [0.15, 0.2) is 68.8 Å². The topological polar surface area (TPSA) is 167 Å². The molecule has 1 atom stereocenters. The standard InChI is InChI=1S/C24H27N5O5/c1-15-12-21(30)34-20-13-17(9-10-18(15)20)29(22(31)19(25)8-5-11-28-23(26)27)24(32)33-14-16-6-3-2-4-7-16/h2-4,6-7,9-10,12-13,19H,5,8,11,14,25H2,1H3,(H4,26,27,28)/t19-/m0/s1. The molecule has 0 aliphatic heterocycles. The first-order chi connectivity index (χ1) is 16.3. The van der Waals surface area contributed by atoms with Crippen molar-refractivity contribution in [1.82, 2.24) is 0 Å². The third-order valence-corrected chi connectivity index (χ3v) is 5.09. The lowest BCUT2D eigenvalue weighted by Gasteiger charge is -2.24. The van der Waals surface area contributed by atoms with E-state index in [0.717, 1.165) is 10.5 Å². The molecule has 1 aromatic heterocycles. The lowest BCUT2D eigenvalue weighted by atomic mass is 10.1. The molecule has 0 aliphatic rings. The van der Waals surface area contributed by atoms with E-state index in [-0.39, 0.29) is 30.3 Å². The van der Waals surface area contributed by atoms with Gasteiger partial charge in [-0.1, -0.05) is 30.3 Å². The van der Waals surface area contributed by atoms with Gasteiger partial charge in [-0.25, -0.2) is 14.5 Å². The summed E-state index contributed by atoms with van der Waals surface area (Å²) in [5.74, 6) is -0.726. The lowest BCUT2D eigenvalue weighted by molar-refractivity contribution is -0.119. The minimum absolute atomic E-state index is 0.0368. The fourth-order valence-corrected chi connectivity index (χ4v) is 3.37. The number of hydrogen-bond acceptors (Lipinski definition) is 7. The number of aliphatic imine (C=N–C) groups is 1. The second-order valence-electron chi connectivity index (χ2n) is 7.70. The van der Waals surface area contributed by atoms with E-state index >= 15 is 0 Å². The number of rotatable bonds is 8. The van der Waals surface area contributed by atoms with Gasteiger partial charge in [0.25, 0.3) is 5.91 Å². The summed E-state index contributed by atoms with van der Waals surface area (Å²) in [6, 6.07) is 14.1. The summed E-state index contributed by atoms with van der Waals surface area (Å²) >= 11 is 0. The van der Waals surface area contributed by atoms with Gasteiger partial charge in [0.2, 0.25) is 0 Å². The maximum absolute atomic E-state index is 13.2. The van der Waals surface area contributed by atoms with Crippen molar-refractivity contribution in [3.8, 4) is 0 Å². The van der Waals surface area contributed by atoms with Gasteiger partial charge in [-0.2, -0.15) is 0 Å². The predicted molar refractivity (Wildman–Crippen MR) is 129 cm³/mol. The second kappa shape index (κ2) is 11.1. The van der Waals surface area contributed by atoms with E-state index < -0.39 is 23.7 Å². The number of benzene rings is 2. The van der Waals surface area contributed by atoms with E-state index in [4.69, 9.17) is 26.4 Å². The zero-order valence-corrected chi connectivity index (χ0v) is 18.8. The van der Waals surface area contributed by atoms with Gasteiger partial charge < -0.3 is 26.4 Å². The molecular weight excluding hydrogens is 438 g/mol. The van der Waals surface area contributed by atoms with Crippen LogP contribution in [0.25, 0.3) is 11.0 Å². The molecule has 0 fully saturated rings. The Balaban J connectivity index is 1.88. The highest BCUT2D eigenvalue weighted by Gasteiger charge is 2.30.